The molecule has 0 aliphatic carbocycles. The molecular formula is C25H27N3O6. The topological polar surface area (TPSA) is 123 Å². The maximum Gasteiger partial charge on any atom is 0.412 e. The summed E-state index contributed by atoms with van der Waals surface area (Å²) >= 11 is 0. The molecule has 3 amide bonds. The van der Waals surface area contributed by atoms with Gasteiger partial charge in [-0.3, -0.25) is 14.9 Å². The van der Waals surface area contributed by atoms with Crippen LogP contribution < -0.4 is 16.0 Å². The van der Waals surface area contributed by atoms with Crippen molar-refractivity contribution in [2.75, 3.05) is 12.4 Å². The lowest BCUT2D eigenvalue weighted by molar-refractivity contribution is -0.137. The van der Waals surface area contributed by atoms with Crippen LogP contribution in [0.15, 0.2) is 73.1 Å². The molecule has 178 valence electrons. The number of rotatable bonds is 7. The number of amides is 3. The Morgan fingerprint density at radius 3 is 2.09 bits per heavy atom. The molecule has 2 aromatic carbocycles. The van der Waals surface area contributed by atoms with Gasteiger partial charge in [-0.05, 0) is 56.2 Å². The summed E-state index contributed by atoms with van der Waals surface area (Å²) in [6.45, 7) is 12.2. The van der Waals surface area contributed by atoms with E-state index in [0.717, 1.165) is 18.2 Å². The van der Waals surface area contributed by atoms with Crippen molar-refractivity contribution < 1.29 is 28.7 Å². The van der Waals surface area contributed by atoms with Crippen LogP contribution in [0.25, 0.3) is 11.1 Å². The van der Waals surface area contributed by atoms with Crippen LogP contribution in [-0.2, 0) is 19.1 Å². The third kappa shape index (κ3) is 7.63. The molecule has 9 nitrogen and oxygen atoms in total. The Morgan fingerprint density at radius 2 is 1.50 bits per heavy atom. The maximum absolute atomic E-state index is 12.6. The van der Waals surface area contributed by atoms with Crippen LogP contribution in [-0.4, -0.2) is 36.6 Å². The third-order valence-electron chi connectivity index (χ3n) is 4.22. The van der Waals surface area contributed by atoms with Crippen molar-refractivity contribution in [1.82, 2.24) is 10.6 Å². The van der Waals surface area contributed by atoms with Gasteiger partial charge in [0.1, 0.15) is 11.3 Å². The number of carbonyl (C=O) groups excluding carboxylic acids is 4. The summed E-state index contributed by atoms with van der Waals surface area (Å²) in [5.74, 6) is -2.17. The normalized spacial score (nSPS) is 10.5. The van der Waals surface area contributed by atoms with Gasteiger partial charge in [0.15, 0.2) is 0 Å². The molecule has 0 aliphatic rings. The van der Waals surface area contributed by atoms with E-state index in [1.807, 2.05) is 6.07 Å². The molecule has 0 aromatic heterocycles. The third-order valence-corrected chi connectivity index (χ3v) is 4.22. The second kappa shape index (κ2) is 11.0. The predicted octanol–water partition coefficient (Wildman–Crippen LogP) is 3.75. The molecule has 3 N–H and O–H groups in total. The minimum Gasteiger partial charge on any atom is -0.464 e. The van der Waals surface area contributed by atoms with Crippen LogP contribution in [0.3, 0.4) is 0 Å². The van der Waals surface area contributed by atoms with Crippen LogP contribution >= 0.6 is 0 Å². The lowest BCUT2D eigenvalue weighted by atomic mass is 10.0. The minimum absolute atomic E-state index is 0.266. The highest BCUT2D eigenvalue weighted by atomic mass is 16.6. The summed E-state index contributed by atoms with van der Waals surface area (Å²) in [6.07, 6.45) is -0.557. The first kappa shape index (κ1) is 25.9. The molecule has 0 saturated heterocycles. The van der Waals surface area contributed by atoms with E-state index in [1.54, 1.807) is 63.2 Å². The zero-order chi connectivity index (χ0) is 25.5. The van der Waals surface area contributed by atoms with Crippen molar-refractivity contribution in [2.45, 2.75) is 26.4 Å². The number of benzene rings is 2. The Morgan fingerprint density at radius 1 is 0.853 bits per heavy atom. The largest absolute Gasteiger partial charge is 0.464 e. The Hall–Kier alpha value is -4.40. The van der Waals surface area contributed by atoms with Crippen molar-refractivity contribution in [3.63, 3.8) is 0 Å². The molecule has 0 heterocycles. The van der Waals surface area contributed by atoms with E-state index in [2.05, 4.69) is 33.8 Å². The summed E-state index contributed by atoms with van der Waals surface area (Å²) in [4.78, 5) is 47.9. The van der Waals surface area contributed by atoms with Crippen molar-refractivity contribution in [1.29, 1.82) is 0 Å². The Bertz CT molecular complexity index is 1130. The lowest BCUT2D eigenvalue weighted by Gasteiger charge is -2.19. The van der Waals surface area contributed by atoms with Crippen molar-refractivity contribution >= 4 is 29.6 Å². The van der Waals surface area contributed by atoms with Gasteiger partial charge >= 0.3 is 12.1 Å². The van der Waals surface area contributed by atoms with E-state index < -0.39 is 29.5 Å². The van der Waals surface area contributed by atoms with Gasteiger partial charge in [-0.25, -0.2) is 9.59 Å². The number of hydrogen-bond donors (Lipinski definition) is 3. The highest BCUT2D eigenvalue weighted by molar-refractivity contribution is 6.05. The van der Waals surface area contributed by atoms with Gasteiger partial charge in [0.2, 0.25) is 0 Å². The summed E-state index contributed by atoms with van der Waals surface area (Å²) in [7, 11) is 1.15. The molecule has 0 aliphatic heterocycles. The van der Waals surface area contributed by atoms with E-state index in [9.17, 15) is 19.2 Å². The molecule has 34 heavy (non-hydrogen) atoms. The van der Waals surface area contributed by atoms with Gasteiger partial charge < -0.3 is 20.1 Å². The van der Waals surface area contributed by atoms with Crippen molar-refractivity contribution in [3.8, 4) is 11.1 Å². The molecule has 9 heteroatoms. The Labute approximate surface area is 197 Å². The first-order valence-electron chi connectivity index (χ1n) is 10.2. The number of anilines is 1. The zero-order valence-electron chi connectivity index (χ0n) is 19.5. The fourth-order valence-electron chi connectivity index (χ4n) is 2.66. The van der Waals surface area contributed by atoms with E-state index >= 15 is 0 Å². The van der Waals surface area contributed by atoms with Gasteiger partial charge in [0.25, 0.3) is 11.8 Å². The second-order valence-electron chi connectivity index (χ2n) is 8.14. The molecule has 0 fully saturated rings. The second-order valence-corrected chi connectivity index (χ2v) is 8.14. The van der Waals surface area contributed by atoms with Gasteiger partial charge in [-0.1, -0.05) is 37.4 Å². The predicted molar refractivity (Wildman–Crippen MR) is 128 cm³/mol. The van der Waals surface area contributed by atoms with Gasteiger partial charge in [-0.15, -0.1) is 0 Å². The van der Waals surface area contributed by atoms with E-state index in [1.165, 1.54) is 0 Å². The lowest BCUT2D eigenvalue weighted by Crippen LogP contribution is -2.35. The van der Waals surface area contributed by atoms with Gasteiger partial charge in [-0.2, -0.15) is 0 Å². The maximum atomic E-state index is 12.6. The van der Waals surface area contributed by atoms with Crippen LogP contribution in [0.4, 0.5) is 10.5 Å². The summed E-state index contributed by atoms with van der Waals surface area (Å²) < 4.78 is 9.67. The number of ether oxygens (including phenoxy) is 2. The highest BCUT2D eigenvalue weighted by Crippen LogP contribution is 2.23. The fraction of sp³-hybridized carbons (Fsp3) is 0.200. The molecule has 2 aromatic rings. The number of esters is 1. The van der Waals surface area contributed by atoms with E-state index in [0.29, 0.717) is 5.69 Å². The highest BCUT2D eigenvalue weighted by Gasteiger charge is 2.17. The minimum atomic E-state index is -0.813. The number of hydrogen-bond acceptors (Lipinski definition) is 6. The van der Waals surface area contributed by atoms with Crippen molar-refractivity contribution in [2.24, 2.45) is 0 Å². The smallest absolute Gasteiger partial charge is 0.412 e. The number of carbonyl (C=O) groups is 4. The molecule has 0 spiro atoms. The summed E-state index contributed by atoms with van der Waals surface area (Å²) in [6, 6.07) is 13.7. The summed E-state index contributed by atoms with van der Waals surface area (Å²) in [5.41, 5.74) is 1.23. The monoisotopic (exact) mass is 465 g/mol. The van der Waals surface area contributed by atoms with Crippen LogP contribution in [0, 0.1) is 0 Å². The standard InChI is InChI=1S/C25H27N3O6/c1-15(21(29)27-16(2)23(31)33-6)26-22(30)19-9-7-8-18(14-19)17-10-12-20(13-11-17)28-24(32)34-25(3,4)5/h7-14H,1-2H2,3-6H3,(H,26,30)(H,27,29)(H,28,32). The average Bonchev–Trinajstić information content (AvgIpc) is 2.77. The molecular weight excluding hydrogens is 438 g/mol. The van der Waals surface area contributed by atoms with E-state index in [4.69, 9.17) is 4.74 Å². The molecule has 0 bridgehead atoms. The van der Waals surface area contributed by atoms with Gasteiger partial charge in [0.05, 0.1) is 12.8 Å². The average molecular weight is 466 g/mol. The fourth-order valence-corrected chi connectivity index (χ4v) is 2.66. The van der Waals surface area contributed by atoms with Crippen LogP contribution in [0.1, 0.15) is 31.1 Å². The number of nitrogens with one attached hydrogen (secondary N) is 3. The number of methoxy groups -OCH3 is 1. The SMILES string of the molecule is C=C(NC(=O)c1cccc(-c2ccc(NC(=O)OC(C)(C)C)cc2)c1)C(=O)NC(=C)C(=O)OC. The molecule has 0 atom stereocenters. The molecule has 0 saturated carbocycles. The zero-order valence-corrected chi connectivity index (χ0v) is 19.5. The van der Waals surface area contributed by atoms with E-state index in [-0.39, 0.29) is 17.0 Å². The van der Waals surface area contributed by atoms with Gasteiger partial charge in [0, 0.05) is 11.3 Å². The van der Waals surface area contributed by atoms with Crippen molar-refractivity contribution in [3.05, 3.63) is 78.6 Å². The Balaban J connectivity index is 2.05. The molecule has 0 radical (unpaired) electrons. The van der Waals surface area contributed by atoms with Crippen LogP contribution in [0.2, 0.25) is 0 Å². The Kier molecular flexibility index (Phi) is 8.33. The quantitative estimate of drug-likeness (QED) is 0.423. The molecule has 0 unspecified atom stereocenters. The molecule has 2 rings (SSSR count). The first-order valence-corrected chi connectivity index (χ1v) is 10.2. The first-order chi connectivity index (χ1) is 15.9. The van der Waals surface area contributed by atoms with Crippen LogP contribution in [0.5, 0.6) is 0 Å². The summed E-state index contributed by atoms with van der Waals surface area (Å²) in [5, 5.41) is 7.24.